The van der Waals surface area contributed by atoms with E-state index in [9.17, 15) is 5.11 Å². The summed E-state index contributed by atoms with van der Waals surface area (Å²) in [6.07, 6.45) is 0.334. The molecule has 2 bridgehead atoms. The number of hydrogen-bond donors (Lipinski definition) is 1. The lowest BCUT2D eigenvalue weighted by Crippen LogP contribution is -2.53. The van der Waals surface area contributed by atoms with Crippen molar-refractivity contribution in [2.45, 2.75) is 116 Å². The van der Waals surface area contributed by atoms with Gasteiger partial charge in [-0.3, -0.25) is 0 Å². The van der Waals surface area contributed by atoms with Crippen molar-refractivity contribution >= 4 is 16.4 Å². The maximum Gasteiger partial charge on any atom is 0.191 e. The maximum atomic E-state index is 11.5. The van der Waals surface area contributed by atoms with Crippen molar-refractivity contribution in [3.63, 3.8) is 0 Å². The highest BCUT2D eigenvalue weighted by Gasteiger charge is 2.69. The van der Waals surface area contributed by atoms with Crippen LogP contribution < -0.4 is 0 Å². The summed E-state index contributed by atoms with van der Waals surface area (Å²) < 4.78 is 19.7. The van der Waals surface area contributed by atoms with Crippen LogP contribution >= 0.6 is 0 Å². The Morgan fingerprint density at radius 2 is 1.74 bits per heavy atom. The second kappa shape index (κ2) is 10.1. The molecule has 3 rings (SSSR count). The van der Waals surface area contributed by atoms with Gasteiger partial charge in [-0.2, -0.15) is 0 Å². The topological polar surface area (TPSA) is 47.9 Å². The van der Waals surface area contributed by atoms with E-state index in [2.05, 4.69) is 91.0 Å². The molecule has 1 aromatic rings. The highest BCUT2D eigenvalue weighted by Crippen LogP contribution is 2.62. The number of aliphatic hydroxyl groups is 1. The zero-order valence-corrected chi connectivity index (χ0v) is 25.6. The molecule has 6 heteroatoms. The van der Waals surface area contributed by atoms with Crippen LogP contribution in [0.4, 0.5) is 0 Å². The van der Waals surface area contributed by atoms with Gasteiger partial charge in [0.05, 0.1) is 18.8 Å². The van der Waals surface area contributed by atoms with Crippen LogP contribution in [0.5, 0.6) is 0 Å². The van der Waals surface area contributed by atoms with Gasteiger partial charge in [0, 0.05) is 24.4 Å². The monoisotopic (exact) mass is 515 g/mol. The first-order chi connectivity index (χ1) is 16.0. The minimum absolute atomic E-state index is 0.0846. The van der Waals surface area contributed by atoms with Gasteiger partial charge in [-0.25, -0.2) is 0 Å². The molecule has 0 amide bonds. The third-order valence-electron chi connectivity index (χ3n) is 8.13. The lowest BCUT2D eigenvalue weighted by atomic mass is 9.60. The van der Waals surface area contributed by atoms with Crippen molar-refractivity contribution in [1.29, 1.82) is 0 Å². The second-order valence-corrected chi connectivity index (χ2v) is 23.0. The number of ether oxygens (including phenoxy) is 2. The number of hydrogen-bond acceptors (Lipinski definition) is 4. The average molecular weight is 516 g/mol. The van der Waals surface area contributed by atoms with Crippen LogP contribution in [0.15, 0.2) is 30.3 Å². The van der Waals surface area contributed by atoms with Gasteiger partial charge < -0.3 is 19.0 Å². The van der Waals surface area contributed by atoms with Crippen LogP contribution in [0, 0.1) is 22.8 Å². The van der Waals surface area contributed by atoms with Crippen LogP contribution in [-0.2, 0) is 20.5 Å². The molecule has 4 nitrogen and oxygen atoms in total. The summed E-state index contributed by atoms with van der Waals surface area (Å²) in [5.41, 5.74) is 3.48. The Morgan fingerprint density at radius 1 is 1.11 bits per heavy atom. The average Bonchev–Trinajstić information content (AvgIpc) is 3.23. The largest absolute Gasteiger partial charge is 0.417 e. The summed E-state index contributed by atoms with van der Waals surface area (Å²) in [7, 11) is -3.51. The van der Waals surface area contributed by atoms with Crippen molar-refractivity contribution in [2.24, 2.45) is 5.41 Å². The predicted octanol–water partition coefficient (Wildman–Crippen LogP) is 6.37. The Kier molecular flexibility index (Phi) is 8.24. The summed E-state index contributed by atoms with van der Waals surface area (Å²) in [4.78, 5) is 0. The predicted molar refractivity (Wildman–Crippen MR) is 149 cm³/mol. The van der Waals surface area contributed by atoms with E-state index in [1.807, 2.05) is 18.2 Å². The van der Waals surface area contributed by atoms with Crippen LogP contribution in [-0.4, -0.2) is 52.0 Å². The van der Waals surface area contributed by atoms with Gasteiger partial charge in [0.1, 0.15) is 19.8 Å². The summed E-state index contributed by atoms with van der Waals surface area (Å²) >= 11 is 0. The van der Waals surface area contributed by atoms with E-state index in [0.29, 0.717) is 19.6 Å². The SMILES string of the molecule is CC1(C)[C](CCO[Si](C)(C)C(C)(C)C)[C@@]2([C@@H](O)C#C[Si](C)(C)C)C[C@H](OCc3ccccc3)[C@@H]1O2. The number of aliphatic hydroxyl groups excluding tert-OH is 1. The first-order valence-electron chi connectivity index (χ1n) is 13.0. The molecule has 35 heavy (non-hydrogen) atoms. The van der Waals surface area contributed by atoms with Gasteiger partial charge in [0.25, 0.3) is 0 Å². The van der Waals surface area contributed by atoms with Crippen molar-refractivity contribution in [3.05, 3.63) is 41.8 Å². The fraction of sp³-hybridized carbons (Fsp3) is 0.690. The number of rotatable bonds is 8. The minimum atomic E-state index is -1.86. The van der Waals surface area contributed by atoms with Crippen LogP contribution in [0.3, 0.4) is 0 Å². The first-order valence-corrected chi connectivity index (χ1v) is 19.5. The Morgan fingerprint density at radius 3 is 2.31 bits per heavy atom. The molecule has 0 unspecified atom stereocenters. The minimum Gasteiger partial charge on any atom is -0.417 e. The van der Waals surface area contributed by atoms with Gasteiger partial charge in [-0.15, -0.1) is 5.54 Å². The lowest BCUT2D eigenvalue weighted by molar-refractivity contribution is -0.0674. The molecule has 2 heterocycles. The molecule has 2 aliphatic rings. The molecule has 2 fully saturated rings. The summed E-state index contributed by atoms with van der Waals surface area (Å²) in [5.74, 6) is 4.44. The maximum absolute atomic E-state index is 11.5. The van der Waals surface area contributed by atoms with Gasteiger partial charge in [-0.1, -0.05) is 90.5 Å². The Hall–Kier alpha value is -0.946. The van der Waals surface area contributed by atoms with Crippen LogP contribution in [0.1, 0.15) is 53.0 Å². The molecule has 195 valence electrons. The lowest BCUT2D eigenvalue weighted by Gasteiger charge is -2.45. The molecule has 1 N–H and O–H groups in total. The van der Waals surface area contributed by atoms with E-state index in [-0.39, 0.29) is 22.7 Å². The molecule has 1 aromatic carbocycles. The van der Waals surface area contributed by atoms with Crippen LogP contribution in [0.2, 0.25) is 37.8 Å². The van der Waals surface area contributed by atoms with Crippen molar-refractivity contribution in [1.82, 2.24) is 0 Å². The van der Waals surface area contributed by atoms with E-state index in [1.54, 1.807) is 0 Å². The molecule has 0 spiro atoms. The highest BCUT2D eigenvalue weighted by atomic mass is 28.4. The Labute approximate surface area is 216 Å². The second-order valence-electron chi connectivity index (χ2n) is 13.4. The molecule has 0 aromatic heterocycles. The van der Waals surface area contributed by atoms with E-state index >= 15 is 0 Å². The van der Waals surface area contributed by atoms with E-state index in [1.165, 1.54) is 5.92 Å². The molecule has 0 saturated carbocycles. The van der Waals surface area contributed by atoms with Crippen LogP contribution in [0.25, 0.3) is 0 Å². The van der Waals surface area contributed by atoms with E-state index in [4.69, 9.17) is 13.9 Å². The third kappa shape index (κ3) is 6.14. The highest BCUT2D eigenvalue weighted by molar-refractivity contribution is 6.83. The Bertz CT molecular complexity index is 920. The van der Waals surface area contributed by atoms with Gasteiger partial charge >= 0.3 is 0 Å². The van der Waals surface area contributed by atoms with E-state index in [0.717, 1.165) is 12.0 Å². The van der Waals surface area contributed by atoms with Crippen molar-refractivity contribution in [2.75, 3.05) is 6.61 Å². The summed E-state index contributed by atoms with van der Waals surface area (Å²) in [6.45, 7) is 23.6. The number of benzene rings is 1. The van der Waals surface area contributed by atoms with Crippen molar-refractivity contribution in [3.8, 4) is 11.5 Å². The summed E-state index contributed by atoms with van der Waals surface area (Å²) in [6, 6.07) is 10.2. The fourth-order valence-corrected chi connectivity index (χ4v) is 6.72. The zero-order valence-electron chi connectivity index (χ0n) is 23.6. The first kappa shape index (κ1) is 28.6. The van der Waals surface area contributed by atoms with Crippen molar-refractivity contribution < 1.29 is 19.0 Å². The zero-order chi connectivity index (χ0) is 26.3. The summed E-state index contributed by atoms with van der Waals surface area (Å²) in [5, 5.41) is 11.7. The fourth-order valence-electron chi connectivity index (χ4n) is 5.10. The molecule has 0 aliphatic carbocycles. The third-order valence-corrected chi connectivity index (χ3v) is 13.6. The smallest absolute Gasteiger partial charge is 0.191 e. The van der Waals surface area contributed by atoms with E-state index < -0.39 is 28.1 Å². The molecule has 2 saturated heterocycles. The molecular weight excluding hydrogens is 468 g/mol. The Balaban J connectivity index is 1.83. The molecule has 2 aliphatic heterocycles. The van der Waals surface area contributed by atoms with Gasteiger partial charge in [0.2, 0.25) is 0 Å². The normalized spacial score (nSPS) is 27.5. The molecular formula is C29H47O4Si2. The van der Waals surface area contributed by atoms with Gasteiger partial charge in [0.15, 0.2) is 8.32 Å². The van der Waals surface area contributed by atoms with Gasteiger partial charge in [-0.05, 0) is 30.1 Å². The molecule has 4 atom stereocenters. The number of fused-ring (bicyclic) bond motifs is 2. The standard InChI is InChI=1S/C29H47O4Si2/c1-27(2,3)35(9,10)32-18-16-24-28(4,5)26-23(31-21-22-14-12-11-13-15-22)20-29(24,33-26)25(30)17-19-34(6,7)8/h11-15,23,25-26,30H,16,18,20-21H2,1-10H3/t23-,25-,26-,29+/m0/s1. The molecule has 1 radical (unpaired) electrons. The quantitative estimate of drug-likeness (QED) is 0.323.